The average molecular weight is 389 g/mol. The molecule has 1 aromatic rings. The van der Waals surface area contributed by atoms with Crippen LogP contribution in [0.4, 0.5) is 0 Å². The minimum atomic E-state index is -0.890. The lowest BCUT2D eigenvalue weighted by Crippen LogP contribution is -2.46. The first kappa shape index (κ1) is 20.6. The number of carboxylic acid groups (broad SMARTS) is 1. The number of nitrogens with zero attached hydrogens (tertiary/aromatic N) is 2. The molecule has 28 heavy (non-hydrogen) atoms. The van der Waals surface area contributed by atoms with Gasteiger partial charge in [0, 0.05) is 18.2 Å². The highest BCUT2D eigenvalue weighted by molar-refractivity contribution is 5.97. The number of rotatable bonds is 8. The smallest absolute Gasteiger partial charge is 0.326 e. The van der Waals surface area contributed by atoms with Gasteiger partial charge in [-0.25, -0.2) is 4.79 Å². The Kier molecular flexibility index (Phi) is 6.94. The molecule has 2 fully saturated rings. The fraction of sp³-hybridized carbons (Fsp3) is 0.636. The van der Waals surface area contributed by atoms with Crippen molar-refractivity contribution in [3.05, 3.63) is 29.8 Å². The Balaban J connectivity index is 1.65. The quantitative estimate of drug-likeness (QED) is 0.740. The Morgan fingerprint density at radius 2 is 1.82 bits per heavy atom. The second-order valence-corrected chi connectivity index (χ2v) is 7.81. The van der Waals surface area contributed by atoms with Gasteiger partial charge in [0.1, 0.15) is 18.4 Å². The van der Waals surface area contributed by atoms with Crippen molar-refractivity contribution in [3.8, 4) is 5.75 Å². The van der Waals surface area contributed by atoms with E-state index in [0.717, 1.165) is 51.1 Å². The fourth-order valence-electron chi connectivity index (χ4n) is 4.65. The Hall–Kier alpha value is -2.08. The van der Waals surface area contributed by atoms with Crippen molar-refractivity contribution in [1.29, 1.82) is 0 Å². The molecule has 6 heteroatoms. The number of benzene rings is 1. The average Bonchev–Trinajstić information content (AvgIpc) is 3.11. The van der Waals surface area contributed by atoms with Crippen molar-refractivity contribution in [2.45, 2.75) is 58.0 Å². The van der Waals surface area contributed by atoms with Crippen LogP contribution in [-0.4, -0.2) is 65.1 Å². The molecule has 3 rings (SSSR count). The van der Waals surface area contributed by atoms with Gasteiger partial charge in [-0.15, -0.1) is 0 Å². The summed E-state index contributed by atoms with van der Waals surface area (Å²) in [5.41, 5.74) is 0.536. The van der Waals surface area contributed by atoms with E-state index in [1.54, 1.807) is 29.2 Å². The molecule has 1 N–H and O–H groups in total. The molecule has 1 aliphatic carbocycles. The number of hydrogen-bond acceptors (Lipinski definition) is 4. The lowest BCUT2D eigenvalue weighted by molar-refractivity contribution is -0.141. The zero-order valence-corrected chi connectivity index (χ0v) is 17.0. The van der Waals surface area contributed by atoms with Crippen molar-refractivity contribution < 1.29 is 19.4 Å². The van der Waals surface area contributed by atoms with E-state index in [1.165, 1.54) is 0 Å². The molecule has 3 unspecified atom stereocenters. The number of carbonyl (C=O) groups excluding carboxylic acids is 1. The first-order valence-corrected chi connectivity index (χ1v) is 10.6. The van der Waals surface area contributed by atoms with Crippen molar-refractivity contribution in [2.24, 2.45) is 5.92 Å². The minimum Gasteiger partial charge on any atom is -0.492 e. The SMILES string of the molecule is CCN(CC)CCOc1ccc(C(=O)N2C(C(=O)O)CC3CCCCC32)cc1. The third kappa shape index (κ3) is 4.49. The summed E-state index contributed by atoms with van der Waals surface area (Å²) in [5, 5.41) is 9.64. The first-order chi connectivity index (χ1) is 13.5. The van der Waals surface area contributed by atoms with Gasteiger partial charge in [-0.05, 0) is 62.5 Å². The standard InChI is InChI=1S/C22H32N2O4/c1-3-23(4-2)13-14-28-18-11-9-16(10-12-18)21(25)24-19-8-6-5-7-17(19)15-20(24)22(26)27/h9-12,17,19-20H,3-8,13-15H2,1-2H3,(H,26,27). The third-order valence-corrected chi connectivity index (χ3v) is 6.28. The summed E-state index contributed by atoms with van der Waals surface area (Å²) in [4.78, 5) is 28.8. The second-order valence-electron chi connectivity index (χ2n) is 7.81. The number of likely N-dealkylation sites (N-methyl/N-ethyl adjacent to an activating group) is 1. The van der Waals surface area contributed by atoms with Crippen LogP contribution in [0.15, 0.2) is 24.3 Å². The van der Waals surface area contributed by atoms with Crippen LogP contribution in [-0.2, 0) is 4.79 Å². The van der Waals surface area contributed by atoms with Crippen molar-refractivity contribution in [3.63, 3.8) is 0 Å². The van der Waals surface area contributed by atoms with E-state index in [-0.39, 0.29) is 11.9 Å². The number of fused-ring (bicyclic) bond motifs is 1. The Labute approximate surface area is 167 Å². The van der Waals surface area contributed by atoms with Crippen LogP contribution in [0.3, 0.4) is 0 Å². The van der Waals surface area contributed by atoms with E-state index in [0.29, 0.717) is 24.5 Å². The predicted molar refractivity (Wildman–Crippen MR) is 108 cm³/mol. The molecule has 3 atom stereocenters. The molecule has 1 heterocycles. The van der Waals surface area contributed by atoms with Gasteiger partial charge < -0.3 is 19.6 Å². The molecule has 0 aromatic heterocycles. The molecule has 1 saturated heterocycles. The normalized spacial score (nSPS) is 24.2. The lowest BCUT2D eigenvalue weighted by Gasteiger charge is -2.33. The molecule has 1 aromatic carbocycles. The molecule has 1 aliphatic heterocycles. The molecule has 1 saturated carbocycles. The van der Waals surface area contributed by atoms with Crippen LogP contribution in [0.2, 0.25) is 0 Å². The number of likely N-dealkylation sites (tertiary alicyclic amines) is 1. The summed E-state index contributed by atoms with van der Waals surface area (Å²) in [7, 11) is 0. The van der Waals surface area contributed by atoms with Crippen LogP contribution < -0.4 is 4.74 Å². The van der Waals surface area contributed by atoms with Crippen LogP contribution in [0.5, 0.6) is 5.75 Å². The summed E-state index contributed by atoms with van der Waals surface area (Å²) < 4.78 is 5.78. The maximum atomic E-state index is 13.1. The number of carbonyl (C=O) groups is 2. The molecule has 0 radical (unpaired) electrons. The number of amides is 1. The topological polar surface area (TPSA) is 70.1 Å². The number of hydrogen-bond donors (Lipinski definition) is 1. The van der Waals surface area contributed by atoms with Gasteiger partial charge in [0.05, 0.1) is 0 Å². The Morgan fingerprint density at radius 3 is 2.46 bits per heavy atom. The van der Waals surface area contributed by atoms with Gasteiger partial charge in [0.25, 0.3) is 5.91 Å². The van der Waals surface area contributed by atoms with Crippen LogP contribution in [0.1, 0.15) is 56.3 Å². The van der Waals surface area contributed by atoms with Gasteiger partial charge in [-0.2, -0.15) is 0 Å². The van der Waals surface area contributed by atoms with Gasteiger partial charge in [-0.1, -0.05) is 26.7 Å². The summed E-state index contributed by atoms with van der Waals surface area (Å²) >= 11 is 0. The molecule has 6 nitrogen and oxygen atoms in total. The zero-order chi connectivity index (χ0) is 20.1. The summed E-state index contributed by atoms with van der Waals surface area (Å²) in [6, 6.07) is 6.48. The summed E-state index contributed by atoms with van der Waals surface area (Å²) in [6.45, 7) is 7.72. The van der Waals surface area contributed by atoms with Crippen LogP contribution in [0, 0.1) is 5.92 Å². The molecular formula is C22H32N2O4. The van der Waals surface area contributed by atoms with E-state index < -0.39 is 12.0 Å². The monoisotopic (exact) mass is 388 g/mol. The van der Waals surface area contributed by atoms with E-state index in [4.69, 9.17) is 4.74 Å². The fourth-order valence-corrected chi connectivity index (χ4v) is 4.65. The van der Waals surface area contributed by atoms with Gasteiger partial charge in [0.15, 0.2) is 0 Å². The number of carboxylic acids is 1. The van der Waals surface area contributed by atoms with Gasteiger partial charge >= 0.3 is 5.97 Å². The molecule has 154 valence electrons. The highest BCUT2D eigenvalue weighted by Gasteiger charge is 2.47. The van der Waals surface area contributed by atoms with Crippen LogP contribution >= 0.6 is 0 Å². The van der Waals surface area contributed by atoms with Crippen molar-refractivity contribution in [2.75, 3.05) is 26.2 Å². The van der Waals surface area contributed by atoms with Gasteiger partial charge in [-0.3, -0.25) is 4.79 Å². The van der Waals surface area contributed by atoms with E-state index in [1.807, 2.05) is 0 Å². The number of aliphatic carboxylic acids is 1. The van der Waals surface area contributed by atoms with E-state index >= 15 is 0 Å². The highest BCUT2D eigenvalue weighted by Crippen LogP contribution is 2.40. The van der Waals surface area contributed by atoms with Gasteiger partial charge in [0.2, 0.25) is 0 Å². The lowest BCUT2D eigenvalue weighted by atomic mass is 9.84. The summed E-state index contributed by atoms with van der Waals surface area (Å²) in [5.74, 6) is -0.00691. The minimum absolute atomic E-state index is 0.0624. The second kappa shape index (κ2) is 9.41. The third-order valence-electron chi connectivity index (χ3n) is 6.28. The van der Waals surface area contributed by atoms with Crippen molar-refractivity contribution >= 4 is 11.9 Å². The van der Waals surface area contributed by atoms with E-state index in [2.05, 4.69) is 18.7 Å². The van der Waals surface area contributed by atoms with Crippen molar-refractivity contribution in [1.82, 2.24) is 9.80 Å². The maximum Gasteiger partial charge on any atom is 0.326 e. The largest absolute Gasteiger partial charge is 0.492 e. The molecule has 1 amide bonds. The zero-order valence-electron chi connectivity index (χ0n) is 17.0. The molecule has 0 spiro atoms. The first-order valence-electron chi connectivity index (χ1n) is 10.6. The highest BCUT2D eigenvalue weighted by atomic mass is 16.5. The summed E-state index contributed by atoms with van der Waals surface area (Å²) in [6.07, 6.45) is 4.72. The Morgan fingerprint density at radius 1 is 1.14 bits per heavy atom. The predicted octanol–water partition coefficient (Wildman–Crippen LogP) is 3.27. The number of ether oxygens (including phenoxy) is 1. The molecule has 2 aliphatic rings. The molecular weight excluding hydrogens is 356 g/mol. The Bertz CT molecular complexity index is 672. The molecule has 0 bridgehead atoms. The van der Waals surface area contributed by atoms with E-state index in [9.17, 15) is 14.7 Å². The van der Waals surface area contributed by atoms with Crippen LogP contribution in [0.25, 0.3) is 0 Å². The maximum absolute atomic E-state index is 13.1.